The summed E-state index contributed by atoms with van der Waals surface area (Å²) in [5.74, 6) is -1.47. The second-order valence-electron chi connectivity index (χ2n) is 7.51. The van der Waals surface area contributed by atoms with Crippen LogP contribution in [0.1, 0.15) is 36.4 Å². The number of halogens is 1. The highest BCUT2D eigenvalue weighted by atomic mass is 35.5. The van der Waals surface area contributed by atoms with Gasteiger partial charge in [-0.1, -0.05) is 61.0 Å². The molecule has 0 fully saturated rings. The SMILES string of the molecule is CCOC(=O)C(C)CC(Cc1ccc(-c2ccccc2)cc1Cl)NC(=O)c1cc(=O)[nH]o1. The lowest BCUT2D eigenvalue weighted by Crippen LogP contribution is -2.39. The molecule has 7 nitrogen and oxygen atoms in total. The Hall–Kier alpha value is -3.32. The molecule has 1 heterocycles. The highest BCUT2D eigenvalue weighted by Gasteiger charge is 2.24. The minimum Gasteiger partial charge on any atom is -0.466 e. The van der Waals surface area contributed by atoms with Gasteiger partial charge in [-0.05, 0) is 42.5 Å². The van der Waals surface area contributed by atoms with Gasteiger partial charge < -0.3 is 14.6 Å². The number of hydrogen-bond donors (Lipinski definition) is 2. The molecule has 2 N–H and O–H groups in total. The Morgan fingerprint density at radius 3 is 2.50 bits per heavy atom. The van der Waals surface area contributed by atoms with Gasteiger partial charge >= 0.3 is 5.97 Å². The second kappa shape index (κ2) is 10.8. The van der Waals surface area contributed by atoms with Crippen LogP contribution in [0.2, 0.25) is 5.02 Å². The second-order valence-corrected chi connectivity index (χ2v) is 7.92. The summed E-state index contributed by atoms with van der Waals surface area (Å²) < 4.78 is 9.98. The van der Waals surface area contributed by atoms with E-state index in [-0.39, 0.29) is 18.3 Å². The van der Waals surface area contributed by atoms with Crippen LogP contribution in [0, 0.1) is 5.92 Å². The van der Waals surface area contributed by atoms with E-state index in [1.54, 1.807) is 13.8 Å². The maximum absolute atomic E-state index is 12.5. The van der Waals surface area contributed by atoms with Crippen molar-refractivity contribution in [2.24, 2.45) is 5.92 Å². The van der Waals surface area contributed by atoms with Crippen molar-refractivity contribution in [2.75, 3.05) is 6.61 Å². The Morgan fingerprint density at radius 2 is 1.88 bits per heavy atom. The molecular formula is C24H25ClN2O5. The zero-order valence-electron chi connectivity index (χ0n) is 17.9. The van der Waals surface area contributed by atoms with Gasteiger partial charge in [0, 0.05) is 11.1 Å². The van der Waals surface area contributed by atoms with Crippen molar-refractivity contribution < 1.29 is 18.8 Å². The molecule has 0 saturated heterocycles. The number of carbonyl (C=O) groups is 2. The van der Waals surface area contributed by atoms with Gasteiger partial charge in [0.25, 0.3) is 11.5 Å². The summed E-state index contributed by atoms with van der Waals surface area (Å²) in [4.78, 5) is 36.0. The Kier molecular flexibility index (Phi) is 7.89. The molecule has 0 aliphatic heterocycles. The molecule has 32 heavy (non-hydrogen) atoms. The quantitative estimate of drug-likeness (QED) is 0.469. The topological polar surface area (TPSA) is 101 Å². The van der Waals surface area contributed by atoms with Crippen molar-refractivity contribution in [3.63, 3.8) is 0 Å². The molecule has 1 aromatic heterocycles. The maximum atomic E-state index is 12.5. The zero-order valence-corrected chi connectivity index (χ0v) is 18.6. The summed E-state index contributed by atoms with van der Waals surface area (Å²) in [7, 11) is 0. The Labute approximate surface area is 190 Å². The molecule has 3 rings (SSSR count). The Balaban J connectivity index is 1.80. The first-order valence-corrected chi connectivity index (χ1v) is 10.7. The lowest BCUT2D eigenvalue weighted by molar-refractivity contribution is -0.147. The molecule has 2 aromatic carbocycles. The molecule has 0 spiro atoms. The zero-order chi connectivity index (χ0) is 23.1. The van der Waals surface area contributed by atoms with Gasteiger partial charge in [-0.2, -0.15) is 5.16 Å². The fourth-order valence-corrected chi connectivity index (χ4v) is 3.70. The first-order chi connectivity index (χ1) is 15.4. The summed E-state index contributed by atoms with van der Waals surface area (Å²) in [6.07, 6.45) is 0.716. The fourth-order valence-electron chi connectivity index (χ4n) is 3.44. The summed E-state index contributed by atoms with van der Waals surface area (Å²) >= 11 is 6.56. The van der Waals surface area contributed by atoms with Crippen LogP contribution in [-0.2, 0) is 16.0 Å². The Bertz CT molecular complexity index is 1120. The van der Waals surface area contributed by atoms with Crippen molar-refractivity contribution in [1.29, 1.82) is 0 Å². The average Bonchev–Trinajstić information content (AvgIpc) is 3.22. The highest BCUT2D eigenvalue weighted by Crippen LogP contribution is 2.27. The van der Waals surface area contributed by atoms with Gasteiger partial charge in [-0.15, -0.1) is 0 Å². The molecule has 2 unspecified atom stereocenters. The highest BCUT2D eigenvalue weighted by molar-refractivity contribution is 6.31. The summed E-state index contributed by atoms with van der Waals surface area (Å²) in [6.45, 7) is 3.76. The normalized spacial score (nSPS) is 12.7. The Morgan fingerprint density at radius 1 is 1.12 bits per heavy atom. The number of H-pyrrole nitrogens is 1. The van der Waals surface area contributed by atoms with Crippen LogP contribution in [0.15, 0.2) is 63.9 Å². The molecule has 0 radical (unpaired) electrons. The number of amides is 1. The van der Waals surface area contributed by atoms with E-state index in [0.717, 1.165) is 22.8 Å². The fraction of sp³-hybridized carbons (Fsp3) is 0.292. The predicted molar refractivity (Wildman–Crippen MR) is 122 cm³/mol. The van der Waals surface area contributed by atoms with Gasteiger partial charge in [-0.25, -0.2) is 0 Å². The summed E-state index contributed by atoms with van der Waals surface area (Å²) in [5.41, 5.74) is 2.34. The molecule has 8 heteroatoms. The lowest BCUT2D eigenvalue weighted by Gasteiger charge is -2.22. The number of hydrogen-bond acceptors (Lipinski definition) is 5. The molecule has 1 amide bonds. The van der Waals surface area contributed by atoms with E-state index in [1.165, 1.54) is 0 Å². The van der Waals surface area contributed by atoms with E-state index in [0.29, 0.717) is 17.9 Å². The monoisotopic (exact) mass is 456 g/mol. The minimum absolute atomic E-state index is 0.130. The lowest BCUT2D eigenvalue weighted by atomic mass is 9.94. The van der Waals surface area contributed by atoms with E-state index in [9.17, 15) is 14.4 Å². The third-order valence-corrected chi connectivity index (χ3v) is 5.39. The van der Waals surface area contributed by atoms with Crippen LogP contribution in [0.3, 0.4) is 0 Å². The number of esters is 1. The van der Waals surface area contributed by atoms with Crippen molar-refractivity contribution in [3.05, 3.63) is 81.3 Å². The molecular weight excluding hydrogens is 432 g/mol. The van der Waals surface area contributed by atoms with Gasteiger partial charge in [0.1, 0.15) is 0 Å². The molecule has 3 aromatic rings. The van der Waals surface area contributed by atoms with Crippen molar-refractivity contribution >= 4 is 23.5 Å². The predicted octanol–water partition coefficient (Wildman–Crippen LogP) is 4.22. The number of aromatic nitrogens is 1. The van der Waals surface area contributed by atoms with Crippen molar-refractivity contribution in [2.45, 2.75) is 32.7 Å². The number of aromatic amines is 1. The maximum Gasteiger partial charge on any atom is 0.308 e. The number of rotatable bonds is 9. The summed E-state index contributed by atoms with van der Waals surface area (Å²) in [6, 6.07) is 16.3. The summed E-state index contributed by atoms with van der Waals surface area (Å²) in [5, 5.41) is 5.49. The van der Waals surface area contributed by atoms with Crippen LogP contribution in [0.5, 0.6) is 0 Å². The number of ether oxygens (including phenoxy) is 1. The van der Waals surface area contributed by atoms with E-state index < -0.39 is 23.4 Å². The van der Waals surface area contributed by atoms with E-state index in [2.05, 4.69) is 10.5 Å². The minimum atomic E-state index is -0.554. The van der Waals surface area contributed by atoms with Crippen LogP contribution in [0.25, 0.3) is 11.1 Å². The van der Waals surface area contributed by atoms with Gasteiger partial charge in [0.15, 0.2) is 0 Å². The van der Waals surface area contributed by atoms with Crippen LogP contribution in [0.4, 0.5) is 0 Å². The smallest absolute Gasteiger partial charge is 0.308 e. The average molecular weight is 457 g/mol. The molecule has 0 aliphatic carbocycles. The van der Waals surface area contributed by atoms with Gasteiger partial charge in [0.2, 0.25) is 5.76 Å². The molecule has 168 valence electrons. The molecule has 0 saturated carbocycles. The molecule has 0 bridgehead atoms. The van der Waals surface area contributed by atoms with Crippen LogP contribution < -0.4 is 10.9 Å². The standard InChI is InChI=1S/C24H25ClN2O5/c1-3-31-24(30)15(2)11-19(26-23(29)21-14-22(28)27-32-21)12-18-10-9-17(13-20(18)25)16-7-5-4-6-8-16/h4-10,13-15,19H,3,11-12H2,1-2H3,(H,26,29)(H,27,28). The van der Waals surface area contributed by atoms with Crippen molar-refractivity contribution in [1.82, 2.24) is 10.5 Å². The number of nitrogens with one attached hydrogen (secondary N) is 2. The molecule has 2 atom stereocenters. The first kappa shape index (κ1) is 23.3. The molecule has 0 aliphatic rings. The van der Waals surface area contributed by atoms with Crippen LogP contribution >= 0.6 is 11.6 Å². The van der Waals surface area contributed by atoms with E-state index in [1.807, 2.05) is 48.5 Å². The van der Waals surface area contributed by atoms with Crippen molar-refractivity contribution in [3.8, 4) is 11.1 Å². The largest absolute Gasteiger partial charge is 0.466 e. The first-order valence-electron chi connectivity index (χ1n) is 10.4. The number of carbonyl (C=O) groups excluding carboxylic acids is 2. The third-order valence-electron chi connectivity index (χ3n) is 5.04. The van der Waals surface area contributed by atoms with Gasteiger partial charge in [0.05, 0.1) is 18.6 Å². The van der Waals surface area contributed by atoms with E-state index >= 15 is 0 Å². The number of benzene rings is 2. The van der Waals surface area contributed by atoms with E-state index in [4.69, 9.17) is 20.9 Å². The van der Waals surface area contributed by atoms with Crippen LogP contribution in [-0.4, -0.2) is 29.7 Å². The van der Waals surface area contributed by atoms with Gasteiger partial charge in [-0.3, -0.25) is 14.4 Å². The third kappa shape index (κ3) is 6.11.